The van der Waals surface area contributed by atoms with Crippen LogP contribution in [0.15, 0.2) is 11.6 Å². The maximum atomic E-state index is 12.2. The number of hydrogen-bond donors (Lipinski definition) is 8. The van der Waals surface area contributed by atoms with Gasteiger partial charge in [0.15, 0.2) is 30.8 Å². The van der Waals surface area contributed by atoms with E-state index in [1.54, 1.807) is 0 Å². The molecule has 382 valence electrons. The Kier molecular flexibility index (Phi) is 13.3. The van der Waals surface area contributed by atoms with E-state index in [2.05, 4.69) is 47.6 Å². The zero-order chi connectivity index (χ0) is 48.6. The summed E-state index contributed by atoms with van der Waals surface area (Å²) in [5.41, 5.74) is -0.340. The van der Waals surface area contributed by atoms with Crippen LogP contribution in [0.5, 0.6) is 0 Å². The Bertz CT molecular complexity index is 1860. The first-order valence-electron chi connectivity index (χ1n) is 24.8. The van der Waals surface area contributed by atoms with E-state index in [0.717, 1.165) is 51.0 Å². The largest absolute Gasteiger partial charge is 0.454 e. The van der Waals surface area contributed by atoms with Gasteiger partial charge in [0.25, 0.3) is 0 Å². The molecule has 0 amide bonds. The van der Waals surface area contributed by atoms with E-state index in [0.29, 0.717) is 31.3 Å². The Morgan fingerprint density at radius 1 is 0.761 bits per heavy atom. The predicted molar refractivity (Wildman–Crippen MR) is 233 cm³/mol. The van der Waals surface area contributed by atoms with Crippen molar-refractivity contribution in [2.75, 3.05) is 19.8 Å². The molecule has 2 spiro atoms. The molecule has 0 aromatic heterocycles. The van der Waals surface area contributed by atoms with Crippen LogP contribution in [0.3, 0.4) is 0 Å². The van der Waals surface area contributed by atoms with Crippen molar-refractivity contribution in [1.29, 1.82) is 0 Å². The van der Waals surface area contributed by atoms with Crippen molar-refractivity contribution >= 4 is 5.97 Å². The van der Waals surface area contributed by atoms with E-state index < -0.39 is 110 Å². The number of rotatable bonds is 9. The Labute approximate surface area is 393 Å². The van der Waals surface area contributed by atoms with Gasteiger partial charge in [0.05, 0.1) is 43.7 Å². The third-order valence-electron chi connectivity index (χ3n) is 19.0. The van der Waals surface area contributed by atoms with E-state index in [-0.39, 0.29) is 52.3 Å². The number of hydrogen-bond acceptors (Lipinski definition) is 18. The number of ether oxygens (including phenoxy) is 9. The van der Waals surface area contributed by atoms with Gasteiger partial charge in [-0.3, -0.25) is 4.79 Å². The number of carbonyl (C=O) groups excluding carboxylic acids is 1. The third kappa shape index (κ3) is 7.93. The molecular formula is C49H78O18. The highest BCUT2D eigenvalue weighted by molar-refractivity contribution is 5.66. The highest BCUT2D eigenvalue weighted by Gasteiger charge is 2.81. The smallest absolute Gasteiger partial charge is 0.303 e. The van der Waals surface area contributed by atoms with Gasteiger partial charge in [-0.25, -0.2) is 0 Å². The topological polar surface area (TPSA) is 262 Å². The average Bonchev–Trinajstić information content (AvgIpc) is 3.76. The first-order valence-corrected chi connectivity index (χ1v) is 24.8. The molecule has 0 aromatic carbocycles. The van der Waals surface area contributed by atoms with E-state index in [4.69, 9.17) is 42.6 Å². The summed E-state index contributed by atoms with van der Waals surface area (Å²) < 4.78 is 55.2. The second-order valence-electron chi connectivity index (χ2n) is 23.5. The fourth-order valence-corrected chi connectivity index (χ4v) is 16.1. The minimum atomic E-state index is -1.84. The summed E-state index contributed by atoms with van der Waals surface area (Å²) in [4.78, 5) is 11.9. The highest BCUT2D eigenvalue weighted by atomic mass is 16.8. The monoisotopic (exact) mass is 955 g/mol. The molecule has 9 rings (SSSR count). The van der Waals surface area contributed by atoms with E-state index >= 15 is 0 Å². The van der Waals surface area contributed by atoms with E-state index in [1.807, 2.05) is 6.92 Å². The summed E-state index contributed by atoms with van der Waals surface area (Å²) in [7, 11) is 0. The van der Waals surface area contributed by atoms with Crippen molar-refractivity contribution in [2.24, 2.45) is 45.3 Å². The predicted octanol–water partition coefficient (Wildman–Crippen LogP) is 1.57. The Morgan fingerprint density at radius 3 is 2.15 bits per heavy atom. The van der Waals surface area contributed by atoms with Crippen molar-refractivity contribution < 1.29 is 88.3 Å². The van der Waals surface area contributed by atoms with Crippen LogP contribution in [0.25, 0.3) is 0 Å². The minimum absolute atomic E-state index is 0.0425. The van der Waals surface area contributed by atoms with Gasteiger partial charge in [-0.05, 0) is 100 Å². The fourth-order valence-electron chi connectivity index (χ4n) is 16.1. The summed E-state index contributed by atoms with van der Waals surface area (Å²) in [5, 5.41) is 89.3. The zero-order valence-corrected chi connectivity index (χ0v) is 40.6. The summed E-state index contributed by atoms with van der Waals surface area (Å²) in [6.07, 6.45) is -12.6. The van der Waals surface area contributed by atoms with Gasteiger partial charge in [-0.15, -0.1) is 0 Å². The Hall–Kier alpha value is -1.43. The van der Waals surface area contributed by atoms with Crippen LogP contribution in [0.1, 0.15) is 114 Å². The zero-order valence-electron chi connectivity index (χ0n) is 40.6. The fraction of sp³-hybridized carbons (Fsp3) is 0.939. The van der Waals surface area contributed by atoms with Crippen LogP contribution < -0.4 is 0 Å². The maximum Gasteiger partial charge on any atom is 0.303 e. The van der Waals surface area contributed by atoms with Crippen LogP contribution in [0.4, 0.5) is 0 Å². The van der Waals surface area contributed by atoms with Gasteiger partial charge in [0, 0.05) is 31.1 Å². The molecule has 5 saturated heterocycles. The summed E-state index contributed by atoms with van der Waals surface area (Å²) in [5.74, 6) is -0.758. The number of aliphatic hydroxyl groups excluding tert-OH is 7. The molecule has 4 aliphatic carbocycles. The number of aliphatic hydroxyl groups is 8. The Morgan fingerprint density at radius 2 is 1.46 bits per heavy atom. The minimum Gasteiger partial charge on any atom is -0.454 e. The second-order valence-corrected chi connectivity index (χ2v) is 23.5. The van der Waals surface area contributed by atoms with Gasteiger partial charge in [0.1, 0.15) is 54.9 Å². The number of allylic oxidation sites excluding steroid dienone is 1. The lowest BCUT2D eigenvalue weighted by Crippen LogP contribution is -2.67. The van der Waals surface area contributed by atoms with Crippen LogP contribution in [0, 0.1) is 45.3 Å². The van der Waals surface area contributed by atoms with Crippen molar-refractivity contribution in [3.05, 3.63) is 11.6 Å². The maximum absolute atomic E-state index is 12.2. The summed E-state index contributed by atoms with van der Waals surface area (Å²) >= 11 is 0. The molecule has 8 N–H and O–H groups in total. The van der Waals surface area contributed by atoms with Crippen LogP contribution >= 0.6 is 0 Å². The molecule has 0 radical (unpaired) electrons. The molecule has 2 bridgehead atoms. The third-order valence-corrected chi connectivity index (χ3v) is 19.0. The first kappa shape index (κ1) is 50.5. The molecule has 4 saturated carbocycles. The molecule has 0 aromatic rings. The first-order chi connectivity index (χ1) is 31.3. The molecule has 67 heavy (non-hydrogen) atoms. The lowest BCUT2D eigenvalue weighted by atomic mass is 9.35. The van der Waals surface area contributed by atoms with Gasteiger partial charge in [-0.2, -0.15) is 0 Å². The number of esters is 1. The standard InChI is InChI=1S/C49H78O18/c1-22(2)16-25-17-47(9,58)40-26-10-11-30-45(7)14-13-31(44(5,6)29(45)12-15-46(30,8)48(26)20-49(40,67-25)60-21-48)64-41-35(56)37(27(52)19-59-41)65-42-36(57)38(33(54)28(18-50)63-42)66-43-39(62-24(4)51)34(55)32(53)23(3)61-43/h16,23,25-43,50,52-58H,10-15,17-21H2,1-9H3. The van der Waals surface area contributed by atoms with Gasteiger partial charge in [0.2, 0.25) is 0 Å². The number of fused-ring (bicyclic) bond motifs is 4. The quantitative estimate of drug-likeness (QED) is 0.0927. The lowest BCUT2D eigenvalue weighted by molar-refractivity contribution is -0.378. The van der Waals surface area contributed by atoms with E-state index in [1.165, 1.54) is 6.92 Å². The van der Waals surface area contributed by atoms with Crippen molar-refractivity contribution in [1.82, 2.24) is 0 Å². The molecule has 5 heterocycles. The summed E-state index contributed by atoms with van der Waals surface area (Å²) in [6.45, 7) is 17.7. The van der Waals surface area contributed by atoms with Crippen LogP contribution in [-0.4, -0.2) is 176 Å². The van der Waals surface area contributed by atoms with Crippen LogP contribution in [-0.2, 0) is 47.4 Å². The van der Waals surface area contributed by atoms with Gasteiger partial charge < -0.3 is 83.5 Å². The van der Waals surface area contributed by atoms with Crippen molar-refractivity contribution in [2.45, 2.75) is 223 Å². The van der Waals surface area contributed by atoms with Gasteiger partial charge >= 0.3 is 5.97 Å². The SMILES string of the molecule is CC(=O)OC1C(OC2C(O)C(CO)OC(OC3C(O)COC(OC4CCC5(C)C(CCC6(C)C5CCC5C7C(C)(O)CC(C=C(C)C)OC78CC56CO8)C4(C)C)C3O)C2O)OC(C)C(O)C1O. The normalized spacial score (nSPS) is 55.7. The molecule has 9 aliphatic rings. The molecule has 18 heteroatoms. The molecular weight excluding hydrogens is 877 g/mol. The average molecular weight is 955 g/mol. The summed E-state index contributed by atoms with van der Waals surface area (Å²) in [6, 6.07) is 0. The molecule has 5 aliphatic heterocycles. The Balaban J connectivity index is 0.889. The van der Waals surface area contributed by atoms with E-state index in [9.17, 15) is 45.6 Å². The second kappa shape index (κ2) is 17.7. The molecule has 18 nitrogen and oxygen atoms in total. The lowest BCUT2D eigenvalue weighted by Gasteiger charge is -2.70. The van der Waals surface area contributed by atoms with Crippen molar-refractivity contribution in [3.8, 4) is 0 Å². The molecule has 25 atom stereocenters. The molecule has 25 unspecified atom stereocenters. The van der Waals surface area contributed by atoms with Crippen LogP contribution in [0.2, 0.25) is 0 Å². The number of carbonyl (C=O) groups is 1. The highest BCUT2D eigenvalue weighted by Crippen LogP contribution is 2.80. The molecule has 9 fully saturated rings. The van der Waals surface area contributed by atoms with Gasteiger partial charge in [-0.1, -0.05) is 39.3 Å². The van der Waals surface area contributed by atoms with Crippen molar-refractivity contribution in [3.63, 3.8) is 0 Å².